The van der Waals surface area contributed by atoms with E-state index in [1.165, 1.54) is 19.3 Å². The second-order valence-corrected chi connectivity index (χ2v) is 5.82. The van der Waals surface area contributed by atoms with E-state index in [0.717, 1.165) is 0 Å². The smallest absolute Gasteiger partial charge is 0.331 e. The molecule has 25 heavy (non-hydrogen) atoms. The lowest BCUT2D eigenvalue weighted by atomic mass is 9.99. The quantitative estimate of drug-likeness (QED) is 0.564. The van der Waals surface area contributed by atoms with E-state index in [0.29, 0.717) is 17.0 Å². The number of amides is 1. The first-order chi connectivity index (χ1) is 11.9. The fourth-order valence-electron chi connectivity index (χ4n) is 1.96. The van der Waals surface area contributed by atoms with E-state index in [9.17, 15) is 14.4 Å². The van der Waals surface area contributed by atoms with Gasteiger partial charge in [-0.3, -0.25) is 4.79 Å². The number of ether oxygens (including phenoxy) is 2. The van der Waals surface area contributed by atoms with Crippen LogP contribution in [0, 0.1) is 5.92 Å². The number of nitrogens with one attached hydrogen (secondary N) is 1. The van der Waals surface area contributed by atoms with Crippen LogP contribution in [-0.4, -0.2) is 37.6 Å². The Kier molecular flexibility index (Phi) is 8.70. The van der Waals surface area contributed by atoms with E-state index < -0.39 is 30.5 Å². The summed E-state index contributed by atoms with van der Waals surface area (Å²) in [6, 6.07) is 6.22. The molecule has 7 heteroatoms. The summed E-state index contributed by atoms with van der Waals surface area (Å²) >= 11 is 5.97. The molecule has 0 aromatic heterocycles. The van der Waals surface area contributed by atoms with Crippen LogP contribution in [0.4, 0.5) is 0 Å². The first-order valence-corrected chi connectivity index (χ1v) is 8.23. The highest BCUT2D eigenvalue weighted by Crippen LogP contribution is 2.16. The number of carbonyl (C=O) groups is 3. The zero-order chi connectivity index (χ0) is 18.8. The van der Waals surface area contributed by atoms with E-state index in [2.05, 4.69) is 10.1 Å². The summed E-state index contributed by atoms with van der Waals surface area (Å²) in [7, 11) is 1.25. The van der Waals surface area contributed by atoms with Crippen LogP contribution in [0.2, 0.25) is 5.02 Å². The van der Waals surface area contributed by atoms with Crippen LogP contribution in [0.1, 0.15) is 25.8 Å². The Morgan fingerprint density at radius 1 is 1.28 bits per heavy atom. The Hall–Kier alpha value is -2.34. The number of methoxy groups -OCH3 is 1. The van der Waals surface area contributed by atoms with Gasteiger partial charge in [-0.1, -0.05) is 50.1 Å². The summed E-state index contributed by atoms with van der Waals surface area (Å²) in [6.07, 6.45) is 3.36. The molecule has 0 saturated heterocycles. The standard InChI is InChI=1S/C18H22ClNO5/c1-4-12(2)17(18(23)24-3)20-15(21)11-25-16(22)10-9-13-7-5-6-8-14(13)19/h5-10,12,17H,4,11H2,1-3H3,(H,20,21)/b10-9+/t12-,17+/m0/s1. The lowest BCUT2D eigenvalue weighted by Gasteiger charge is -2.21. The maximum atomic E-state index is 11.9. The molecule has 2 atom stereocenters. The number of esters is 2. The Balaban J connectivity index is 2.53. The molecule has 1 aromatic carbocycles. The number of hydrogen-bond donors (Lipinski definition) is 1. The van der Waals surface area contributed by atoms with Crippen molar-refractivity contribution in [2.45, 2.75) is 26.3 Å². The fourth-order valence-corrected chi connectivity index (χ4v) is 2.16. The van der Waals surface area contributed by atoms with Crippen molar-refractivity contribution in [1.82, 2.24) is 5.32 Å². The summed E-state index contributed by atoms with van der Waals surface area (Å²) in [5, 5.41) is 3.02. The van der Waals surface area contributed by atoms with Gasteiger partial charge in [-0.25, -0.2) is 9.59 Å². The number of carbonyl (C=O) groups excluding carboxylic acids is 3. The Labute approximate surface area is 152 Å². The SMILES string of the molecule is CC[C@H](C)[C@@H](NC(=O)COC(=O)/C=C/c1ccccc1Cl)C(=O)OC. The van der Waals surface area contributed by atoms with Crippen molar-refractivity contribution in [3.05, 3.63) is 40.9 Å². The van der Waals surface area contributed by atoms with Gasteiger partial charge in [0.2, 0.25) is 0 Å². The number of rotatable bonds is 8. The summed E-state index contributed by atoms with van der Waals surface area (Å²) in [5.74, 6) is -1.90. The molecule has 0 bridgehead atoms. The van der Waals surface area contributed by atoms with Crippen LogP contribution in [0.25, 0.3) is 6.08 Å². The fraction of sp³-hybridized carbons (Fsp3) is 0.389. The van der Waals surface area contributed by atoms with Crippen molar-refractivity contribution in [1.29, 1.82) is 0 Å². The molecule has 1 rings (SSSR count). The van der Waals surface area contributed by atoms with Gasteiger partial charge in [0.15, 0.2) is 6.61 Å². The van der Waals surface area contributed by atoms with Crippen molar-refractivity contribution in [2.24, 2.45) is 5.92 Å². The molecular formula is C18H22ClNO5. The van der Waals surface area contributed by atoms with E-state index >= 15 is 0 Å². The van der Waals surface area contributed by atoms with Gasteiger partial charge in [0.25, 0.3) is 5.91 Å². The van der Waals surface area contributed by atoms with E-state index in [-0.39, 0.29) is 5.92 Å². The third-order valence-electron chi connectivity index (χ3n) is 3.63. The van der Waals surface area contributed by atoms with Gasteiger partial charge >= 0.3 is 11.9 Å². The van der Waals surface area contributed by atoms with Crippen LogP contribution in [0.5, 0.6) is 0 Å². The van der Waals surface area contributed by atoms with Crippen LogP contribution in [0.3, 0.4) is 0 Å². The van der Waals surface area contributed by atoms with Gasteiger partial charge in [-0.2, -0.15) is 0 Å². The number of hydrogen-bond acceptors (Lipinski definition) is 5. The maximum Gasteiger partial charge on any atom is 0.331 e. The third-order valence-corrected chi connectivity index (χ3v) is 3.98. The minimum absolute atomic E-state index is 0.104. The second-order valence-electron chi connectivity index (χ2n) is 5.42. The molecular weight excluding hydrogens is 346 g/mol. The third kappa shape index (κ3) is 6.97. The molecule has 0 aliphatic heterocycles. The van der Waals surface area contributed by atoms with Crippen LogP contribution in [0.15, 0.2) is 30.3 Å². The largest absolute Gasteiger partial charge is 0.467 e. The van der Waals surface area contributed by atoms with Crippen molar-refractivity contribution < 1.29 is 23.9 Å². The topological polar surface area (TPSA) is 81.7 Å². The summed E-state index contributed by atoms with van der Waals surface area (Å²) in [5.41, 5.74) is 0.660. The minimum atomic E-state index is -0.778. The van der Waals surface area contributed by atoms with Crippen LogP contribution in [-0.2, 0) is 23.9 Å². The molecule has 0 aliphatic carbocycles. The Bertz CT molecular complexity index is 644. The summed E-state index contributed by atoms with van der Waals surface area (Å²) in [6.45, 7) is 3.22. The Morgan fingerprint density at radius 2 is 1.96 bits per heavy atom. The lowest BCUT2D eigenvalue weighted by Crippen LogP contribution is -2.47. The highest BCUT2D eigenvalue weighted by Gasteiger charge is 2.26. The van der Waals surface area contributed by atoms with Crippen LogP contribution >= 0.6 is 11.6 Å². The maximum absolute atomic E-state index is 11.9. The van der Waals surface area contributed by atoms with Gasteiger partial charge in [0.1, 0.15) is 6.04 Å². The van der Waals surface area contributed by atoms with Crippen molar-refractivity contribution in [2.75, 3.05) is 13.7 Å². The molecule has 6 nitrogen and oxygen atoms in total. The molecule has 0 spiro atoms. The van der Waals surface area contributed by atoms with Gasteiger partial charge in [0.05, 0.1) is 7.11 Å². The summed E-state index contributed by atoms with van der Waals surface area (Å²) < 4.78 is 9.54. The number of halogens is 1. The van der Waals surface area contributed by atoms with E-state index in [1.807, 2.05) is 13.8 Å². The highest BCUT2D eigenvalue weighted by molar-refractivity contribution is 6.32. The normalized spacial score (nSPS) is 13.1. The lowest BCUT2D eigenvalue weighted by molar-refractivity contribution is -0.148. The first kappa shape index (κ1) is 20.7. The Morgan fingerprint density at radius 3 is 2.56 bits per heavy atom. The first-order valence-electron chi connectivity index (χ1n) is 7.85. The van der Waals surface area contributed by atoms with E-state index in [4.69, 9.17) is 16.3 Å². The molecule has 0 radical (unpaired) electrons. The monoisotopic (exact) mass is 367 g/mol. The molecule has 1 N–H and O–H groups in total. The molecule has 1 amide bonds. The average Bonchev–Trinajstić information content (AvgIpc) is 2.62. The molecule has 136 valence electrons. The highest BCUT2D eigenvalue weighted by atomic mass is 35.5. The molecule has 1 aromatic rings. The van der Waals surface area contributed by atoms with Crippen molar-refractivity contribution in [3.63, 3.8) is 0 Å². The molecule has 0 fully saturated rings. The minimum Gasteiger partial charge on any atom is -0.467 e. The molecule has 0 aliphatic rings. The zero-order valence-electron chi connectivity index (χ0n) is 14.5. The summed E-state index contributed by atoms with van der Waals surface area (Å²) in [4.78, 5) is 35.3. The molecule has 0 heterocycles. The van der Waals surface area contributed by atoms with Gasteiger partial charge in [0, 0.05) is 11.1 Å². The number of benzene rings is 1. The zero-order valence-corrected chi connectivity index (χ0v) is 15.2. The van der Waals surface area contributed by atoms with E-state index in [1.54, 1.807) is 24.3 Å². The average molecular weight is 368 g/mol. The predicted octanol–water partition coefficient (Wildman–Crippen LogP) is 2.60. The van der Waals surface area contributed by atoms with Gasteiger partial charge in [-0.15, -0.1) is 0 Å². The van der Waals surface area contributed by atoms with Gasteiger partial charge < -0.3 is 14.8 Å². The predicted molar refractivity (Wildman–Crippen MR) is 94.8 cm³/mol. The van der Waals surface area contributed by atoms with Crippen molar-refractivity contribution >= 4 is 35.5 Å². The van der Waals surface area contributed by atoms with Crippen LogP contribution < -0.4 is 5.32 Å². The second kappa shape index (κ2) is 10.5. The van der Waals surface area contributed by atoms with Gasteiger partial charge in [-0.05, 0) is 23.6 Å². The van der Waals surface area contributed by atoms with Crippen molar-refractivity contribution in [3.8, 4) is 0 Å². The molecule has 0 saturated carbocycles. The molecule has 0 unspecified atom stereocenters.